The van der Waals surface area contributed by atoms with Gasteiger partial charge in [-0.3, -0.25) is 9.59 Å². The van der Waals surface area contributed by atoms with Crippen LogP contribution in [0.15, 0.2) is 66.8 Å². The monoisotopic (exact) mass is 700 g/mol. The number of halogens is 4. The van der Waals surface area contributed by atoms with Gasteiger partial charge in [0.1, 0.15) is 30.5 Å². The molecule has 0 aliphatic carbocycles. The third-order valence-electron chi connectivity index (χ3n) is 6.55. The van der Waals surface area contributed by atoms with Gasteiger partial charge in [0.25, 0.3) is 0 Å². The molecule has 2 aromatic carbocycles. The van der Waals surface area contributed by atoms with Crippen molar-refractivity contribution >= 4 is 70.3 Å². The van der Waals surface area contributed by atoms with Gasteiger partial charge >= 0.3 is 11.9 Å². The van der Waals surface area contributed by atoms with E-state index in [1.165, 1.54) is 13.2 Å². The molecule has 0 fully saturated rings. The molecule has 0 saturated heterocycles. The summed E-state index contributed by atoms with van der Waals surface area (Å²) in [6.07, 6.45) is 6.84. The van der Waals surface area contributed by atoms with Gasteiger partial charge in [-0.15, -0.1) is 0 Å². The Kier molecular flexibility index (Phi) is 16.3. The molecule has 0 unspecified atom stereocenters. The molecule has 0 spiro atoms. The lowest BCUT2D eigenvalue weighted by molar-refractivity contribution is -0.152. The molecule has 0 aliphatic heterocycles. The molecule has 0 aliphatic rings. The van der Waals surface area contributed by atoms with Gasteiger partial charge in [-0.05, 0) is 41.7 Å². The quantitative estimate of drug-likeness (QED) is 0.111. The molecule has 3 N–H and O–H groups in total. The first-order valence-corrected chi connectivity index (χ1v) is 15.9. The second-order valence-corrected chi connectivity index (χ2v) is 13.9. The lowest BCUT2D eigenvalue weighted by Crippen LogP contribution is -2.43. The van der Waals surface area contributed by atoms with Gasteiger partial charge < -0.3 is 25.3 Å². The number of rotatable bonds is 16. The highest BCUT2D eigenvalue weighted by Gasteiger charge is 2.28. The number of nitrogens with one attached hydrogen (secondary N) is 1. The number of hydrogen-bond acceptors (Lipinski definition) is 7. The van der Waals surface area contributed by atoms with Crippen LogP contribution in [-0.4, -0.2) is 53.5 Å². The van der Waals surface area contributed by atoms with Crippen LogP contribution in [0, 0.1) is 11.8 Å². The number of carbonyl (C=O) groups is 3. The lowest BCUT2D eigenvalue weighted by atomic mass is 9.99. The fraction of sp³-hybridized carbons (Fsp3) is 0.424. The third-order valence-corrected chi connectivity index (χ3v) is 7.17. The fourth-order valence-corrected chi connectivity index (χ4v) is 4.65. The van der Waals surface area contributed by atoms with E-state index in [0.29, 0.717) is 22.8 Å². The van der Waals surface area contributed by atoms with E-state index >= 15 is 0 Å². The van der Waals surface area contributed by atoms with Crippen molar-refractivity contribution in [2.24, 2.45) is 17.6 Å². The van der Waals surface area contributed by atoms with Gasteiger partial charge in [0, 0.05) is 18.8 Å². The molecule has 4 atom stereocenters. The summed E-state index contributed by atoms with van der Waals surface area (Å²) in [6, 6.07) is 12.8. The highest BCUT2D eigenvalue weighted by Crippen LogP contribution is 2.27. The highest BCUT2D eigenvalue weighted by molar-refractivity contribution is 6.67. The average Bonchev–Trinajstić information content (AvgIpc) is 2.97. The Morgan fingerprint density at radius 3 is 2.31 bits per heavy atom. The van der Waals surface area contributed by atoms with Crippen molar-refractivity contribution in [1.82, 2.24) is 5.32 Å². The SMILES string of the molecule is COc1ccc(C[C@@H](NC(=O)/C=C/C[C@H](OC(=O)[C@@H](N)CC(C)C)[C@H](C)/C=C/c2ccccc2)C(=O)OCC(Cl)(Cl)Cl)cc1Cl. The Hall–Kier alpha value is -2.75. The topological polar surface area (TPSA) is 117 Å². The first-order valence-electron chi connectivity index (χ1n) is 14.4. The second-order valence-electron chi connectivity index (χ2n) is 10.9. The van der Waals surface area contributed by atoms with Gasteiger partial charge in [-0.25, -0.2) is 4.79 Å². The van der Waals surface area contributed by atoms with Crippen molar-refractivity contribution < 1.29 is 28.6 Å². The maximum Gasteiger partial charge on any atom is 0.329 e. The standard InChI is InChI=1S/C33H40Cl4N2O6/c1-21(2)17-26(38)31(41)45-28(22(3)13-14-23-9-6-5-7-10-23)11-8-12-30(40)39-27(32(42)44-20-33(35,36)37)19-24-15-16-29(43-4)25(34)18-24/h5-10,12-16,18,21-22,26-28H,11,17,19-20,38H2,1-4H3,(H,39,40)/b12-8+,14-13+/t22-,26+,27-,28+/m1/s1. The van der Waals surface area contributed by atoms with E-state index in [0.717, 1.165) is 5.56 Å². The molecule has 12 heteroatoms. The van der Waals surface area contributed by atoms with Gasteiger partial charge in [-0.2, -0.15) is 0 Å². The predicted octanol–water partition coefficient (Wildman–Crippen LogP) is 6.87. The number of esters is 2. The first kappa shape index (κ1) is 38.4. The zero-order valence-corrected chi connectivity index (χ0v) is 28.7. The average molecular weight is 703 g/mol. The van der Waals surface area contributed by atoms with Crippen LogP contribution in [-0.2, 0) is 30.3 Å². The number of ether oxygens (including phenoxy) is 3. The summed E-state index contributed by atoms with van der Waals surface area (Å²) >= 11 is 23.5. The largest absolute Gasteiger partial charge is 0.495 e. The van der Waals surface area contributed by atoms with E-state index in [1.807, 2.05) is 63.3 Å². The normalized spacial score (nSPS) is 14.6. The zero-order valence-electron chi connectivity index (χ0n) is 25.7. The second kappa shape index (κ2) is 19.0. The molecule has 0 heterocycles. The van der Waals surface area contributed by atoms with E-state index in [4.69, 9.17) is 66.3 Å². The van der Waals surface area contributed by atoms with Crippen LogP contribution in [0.25, 0.3) is 6.08 Å². The summed E-state index contributed by atoms with van der Waals surface area (Å²) in [5.41, 5.74) is 7.69. The van der Waals surface area contributed by atoms with Gasteiger partial charge in [0.05, 0.1) is 12.1 Å². The number of carbonyl (C=O) groups excluding carboxylic acids is 3. The van der Waals surface area contributed by atoms with Crippen molar-refractivity contribution in [2.45, 2.75) is 62.0 Å². The fourth-order valence-electron chi connectivity index (χ4n) is 4.21. The van der Waals surface area contributed by atoms with Crippen LogP contribution in [0.4, 0.5) is 0 Å². The number of nitrogens with two attached hydrogens (primary N) is 1. The summed E-state index contributed by atoms with van der Waals surface area (Å²) in [7, 11) is 1.48. The number of hydrogen-bond donors (Lipinski definition) is 2. The summed E-state index contributed by atoms with van der Waals surface area (Å²) in [5, 5.41) is 2.97. The molecule has 0 saturated carbocycles. The summed E-state index contributed by atoms with van der Waals surface area (Å²) in [5.74, 6) is -1.44. The van der Waals surface area contributed by atoms with Crippen LogP contribution in [0.1, 0.15) is 44.7 Å². The number of alkyl halides is 3. The minimum atomic E-state index is -1.83. The molecule has 0 radical (unpaired) electrons. The molecular formula is C33H40Cl4N2O6. The lowest BCUT2D eigenvalue weighted by Gasteiger charge is -2.23. The Bertz CT molecular complexity index is 1310. The van der Waals surface area contributed by atoms with Gasteiger partial charge in [0.15, 0.2) is 0 Å². The van der Waals surface area contributed by atoms with E-state index in [-0.39, 0.29) is 24.7 Å². The zero-order chi connectivity index (χ0) is 33.6. The maximum absolute atomic E-state index is 13.0. The molecule has 1 amide bonds. The predicted molar refractivity (Wildman–Crippen MR) is 181 cm³/mol. The molecule has 8 nitrogen and oxygen atoms in total. The first-order chi connectivity index (χ1) is 21.2. The van der Waals surface area contributed by atoms with Crippen LogP contribution in [0.5, 0.6) is 5.75 Å². The van der Waals surface area contributed by atoms with Gasteiger partial charge in [0.2, 0.25) is 9.70 Å². The van der Waals surface area contributed by atoms with Crippen molar-refractivity contribution in [2.75, 3.05) is 13.7 Å². The number of benzene rings is 2. The molecule has 0 aromatic heterocycles. The summed E-state index contributed by atoms with van der Waals surface area (Å²) in [6.45, 7) is 5.35. The smallest absolute Gasteiger partial charge is 0.329 e. The number of amides is 1. The number of methoxy groups -OCH3 is 1. The Labute approximate surface area is 285 Å². The van der Waals surface area contributed by atoms with E-state index in [1.54, 1.807) is 24.3 Å². The molecular weight excluding hydrogens is 662 g/mol. The van der Waals surface area contributed by atoms with E-state index < -0.39 is 46.4 Å². The molecule has 2 aromatic rings. The van der Waals surface area contributed by atoms with Crippen molar-refractivity contribution in [3.05, 3.63) is 82.9 Å². The summed E-state index contributed by atoms with van der Waals surface area (Å²) in [4.78, 5) is 38.6. The Balaban J connectivity index is 2.18. The Morgan fingerprint density at radius 1 is 1.02 bits per heavy atom. The minimum Gasteiger partial charge on any atom is -0.495 e. The maximum atomic E-state index is 13.0. The van der Waals surface area contributed by atoms with Crippen molar-refractivity contribution in [1.29, 1.82) is 0 Å². The third kappa shape index (κ3) is 14.9. The summed E-state index contributed by atoms with van der Waals surface area (Å²) < 4.78 is 14.3. The van der Waals surface area contributed by atoms with Crippen LogP contribution < -0.4 is 15.8 Å². The van der Waals surface area contributed by atoms with Crippen LogP contribution in [0.3, 0.4) is 0 Å². The molecule has 246 valence electrons. The molecule has 2 rings (SSSR count). The molecule has 45 heavy (non-hydrogen) atoms. The Morgan fingerprint density at radius 2 is 1.71 bits per heavy atom. The van der Waals surface area contributed by atoms with Crippen molar-refractivity contribution in [3.63, 3.8) is 0 Å². The van der Waals surface area contributed by atoms with E-state index in [2.05, 4.69) is 5.32 Å². The van der Waals surface area contributed by atoms with Gasteiger partial charge in [-0.1, -0.05) is 122 Å². The van der Waals surface area contributed by atoms with E-state index in [9.17, 15) is 14.4 Å². The molecule has 0 bridgehead atoms. The van der Waals surface area contributed by atoms with Crippen LogP contribution in [0.2, 0.25) is 5.02 Å². The van der Waals surface area contributed by atoms with Crippen LogP contribution >= 0.6 is 46.4 Å². The highest BCUT2D eigenvalue weighted by atomic mass is 35.6. The van der Waals surface area contributed by atoms with Crippen molar-refractivity contribution in [3.8, 4) is 5.75 Å². The minimum absolute atomic E-state index is 0.0390.